The largest absolute Gasteiger partial charge is 0.508 e. The van der Waals surface area contributed by atoms with E-state index in [1.165, 1.54) is 14.8 Å². The number of phenolic OH excluding ortho intramolecular Hbond substituents is 1. The number of fused-ring (bicyclic) bond motifs is 2. The Morgan fingerprint density at radius 2 is 1.90 bits per heavy atom. The van der Waals surface area contributed by atoms with Gasteiger partial charge in [-0.25, -0.2) is 18.7 Å². The summed E-state index contributed by atoms with van der Waals surface area (Å²) < 4.78 is 17.3. The smallest absolute Gasteiger partial charge is 0.337 e. The van der Waals surface area contributed by atoms with E-state index in [0.717, 1.165) is 60.7 Å². The third-order valence-corrected chi connectivity index (χ3v) is 10.6. The normalized spacial score (nSPS) is 21.9. The molecule has 0 spiro atoms. The molecule has 13 heteroatoms. The second-order valence-corrected chi connectivity index (χ2v) is 14.1. The third-order valence-electron chi connectivity index (χ3n) is 10.6. The van der Waals surface area contributed by atoms with E-state index in [4.69, 9.17) is 4.99 Å². The Hall–Kier alpha value is -5.40. The van der Waals surface area contributed by atoms with Crippen LogP contribution in [-0.2, 0) is 11.3 Å². The maximum absolute atomic E-state index is 14.6. The summed E-state index contributed by atoms with van der Waals surface area (Å²) in [4.78, 5) is 53.8. The van der Waals surface area contributed by atoms with Crippen molar-refractivity contribution in [1.82, 2.24) is 34.6 Å². The lowest BCUT2D eigenvalue weighted by Gasteiger charge is -2.31. The van der Waals surface area contributed by atoms with Crippen molar-refractivity contribution in [2.75, 3.05) is 32.7 Å². The molecule has 1 amide bonds. The zero-order valence-corrected chi connectivity index (χ0v) is 29.0. The zero-order chi connectivity index (χ0) is 35.9. The van der Waals surface area contributed by atoms with Gasteiger partial charge in [0.15, 0.2) is 5.65 Å². The van der Waals surface area contributed by atoms with Crippen LogP contribution in [0.4, 0.5) is 4.39 Å². The van der Waals surface area contributed by atoms with Gasteiger partial charge in [-0.15, -0.1) is 0 Å². The molecule has 12 nitrogen and oxygen atoms in total. The van der Waals surface area contributed by atoms with Crippen molar-refractivity contribution in [3.8, 4) is 22.6 Å². The van der Waals surface area contributed by atoms with Crippen LogP contribution in [0.25, 0.3) is 27.8 Å². The molecule has 5 heterocycles. The summed E-state index contributed by atoms with van der Waals surface area (Å²) in [5.41, 5.74) is 3.09. The molecule has 4 aromatic rings. The molecule has 3 aliphatic heterocycles. The van der Waals surface area contributed by atoms with Crippen LogP contribution >= 0.6 is 0 Å². The molecule has 2 fully saturated rings. The summed E-state index contributed by atoms with van der Waals surface area (Å²) in [5.74, 6) is 0.395. The summed E-state index contributed by atoms with van der Waals surface area (Å²) >= 11 is 0. The Balaban J connectivity index is 1.07. The van der Waals surface area contributed by atoms with E-state index in [-0.39, 0.29) is 47.4 Å². The van der Waals surface area contributed by atoms with Gasteiger partial charge in [-0.2, -0.15) is 0 Å². The van der Waals surface area contributed by atoms with Crippen molar-refractivity contribution in [3.63, 3.8) is 0 Å². The molecular formula is C39H41FN8O4. The molecule has 2 aromatic carbocycles. The first-order chi connectivity index (χ1) is 25.2. The number of benzene rings is 2. The molecule has 1 saturated carbocycles. The summed E-state index contributed by atoms with van der Waals surface area (Å²) in [6.07, 6.45) is 9.95. The Morgan fingerprint density at radius 1 is 1.06 bits per heavy atom. The molecule has 1 atom stereocenters. The van der Waals surface area contributed by atoms with Gasteiger partial charge in [0.25, 0.3) is 5.56 Å². The van der Waals surface area contributed by atoms with E-state index in [1.807, 2.05) is 41.3 Å². The molecule has 1 aliphatic carbocycles. The van der Waals surface area contributed by atoms with Gasteiger partial charge in [0.1, 0.15) is 17.4 Å². The van der Waals surface area contributed by atoms with Crippen LogP contribution in [0.5, 0.6) is 5.75 Å². The minimum atomic E-state index is -0.657. The highest BCUT2D eigenvalue weighted by Crippen LogP contribution is 2.31. The monoisotopic (exact) mass is 704 g/mol. The Morgan fingerprint density at radius 3 is 2.71 bits per heavy atom. The Bertz CT molecular complexity index is 2270. The molecule has 1 saturated heterocycles. The zero-order valence-electron chi connectivity index (χ0n) is 29.0. The van der Waals surface area contributed by atoms with E-state index in [9.17, 15) is 23.9 Å². The van der Waals surface area contributed by atoms with E-state index in [0.29, 0.717) is 38.2 Å². The Labute approximate surface area is 299 Å². The minimum absolute atomic E-state index is 0.0363. The molecule has 4 aliphatic rings. The predicted molar refractivity (Wildman–Crippen MR) is 197 cm³/mol. The molecule has 2 aromatic heterocycles. The first-order valence-electron chi connectivity index (χ1n) is 17.9. The quantitative estimate of drug-likeness (QED) is 0.253. The number of aromatic nitrogens is 3. The summed E-state index contributed by atoms with van der Waals surface area (Å²) in [7, 11) is 0. The second kappa shape index (κ2) is 14.0. The maximum atomic E-state index is 14.6. The van der Waals surface area contributed by atoms with Crippen molar-refractivity contribution < 1.29 is 14.3 Å². The van der Waals surface area contributed by atoms with Gasteiger partial charge in [0.05, 0.1) is 29.9 Å². The molecule has 52 heavy (non-hydrogen) atoms. The van der Waals surface area contributed by atoms with E-state index >= 15 is 0 Å². The van der Waals surface area contributed by atoms with Crippen LogP contribution in [-0.4, -0.2) is 85.6 Å². The second-order valence-electron chi connectivity index (χ2n) is 14.1. The average molecular weight is 705 g/mol. The number of aromatic hydroxyl groups is 1. The highest BCUT2D eigenvalue weighted by molar-refractivity contribution is 5.97. The predicted octanol–water partition coefficient (Wildman–Crippen LogP) is 3.62. The van der Waals surface area contributed by atoms with Crippen LogP contribution in [0.3, 0.4) is 0 Å². The van der Waals surface area contributed by atoms with Crippen molar-refractivity contribution in [2.45, 2.75) is 57.3 Å². The topological polar surface area (TPSA) is 137 Å². The molecule has 0 bridgehead atoms. The molecular weight excluding hydrogens is 663 g/mol. The number of pyridine rings is 1. The van der Waals surface area contributed by atoms with Crippen LogP contribution in [0, 0.1) is 5.82 Å². The molecule has 3 N–H and O–H groups in total. The summed E-state index contributed by atoms with van der Waals surface area (Å²) in [5, 5.41) is 16.9. The van der Waals surface area contributed by atoms with Gasteiger partial charge in [-0.05, 0) is 91.8 Å². The lowest BCUT2D eigenvalue weighted by molar-refractivity contribution is -0.124. The number of rotatable bonds is 8. The standard InChI is InChI=1S/C39H41FN8O4/c1-24-4-2-7-35-44-29(22-46(24)35)20-42-28-8-10-30(11-9-28)48-38(51)34-18-27(40)19-43-37(34)47(39(48)52)31-6-3-5-25(16-31)33-13-12-32(49)17-26(33)21-45-15-14-41-36(50)23-45/h2-7,12-13,16-19,28-30,42,49H,8-11,14-15,20-23H2,1H3,(H,41,50). The Kier molecular flexibility index (Phi) is 9.06. The number of nitrogens with zero attached hydrogens (tertiary/aromatic N) is 6. The van der Waals surface area contributed by atoms with Gasteiger partial charge < -0.3 is 20.6 Å². The number of amides is 1. The van der Waals surface area contributed by atoms with Gasteiger partial charge in [0, 0.05) is 50.5 Å². The van der Waals surface area contributed by atoms with Crippen LogP contribution in [0.2, 0.25) is 0 Å². The number of amidine groups is 1. The van der Waals surface area contributed by atoms with Crippen molar-refractivity contribution in [2.24, 2.45) is 4.99 Å². The minimum Gasteiger partial charge on any atom is -0.508 e. The summed E-state index contributed by atoms with van der Waals surface area (Å²) in [6.45, 7) is 5.59. The van der Waals surface area contributed by atoms with Crippen molar-refractivity contribution in [3.05, 3.63) is 111 Å². The third kappa shape index (κ3) is 6.57. The van der Waals surface area contributed by atoms with E-state index in [1.54, 1.807) is 18.2 Å². The first-order valence-corrected chi connectivity index (χ1v) is 17.9. The van der Waals surface area contributed by atoms with Gasteiger partial charge in [-0.1, -0.05) is 24.3 Å². The number of halogens is 1. The SMILES string of the molecule is CC1=CC=CC2=NC(CNC3CCC(n4c(=O)c5cc(F)cnc5n(-c5cccc(-c6ccc(O)cc6CN6CCNC(=O)C6)c5)c4=O)CC3)CN12. The molecule has 1 unspecified atom stereocenters. The van der Waals surface area contributed by atoms with Crippen molar-refractivity contribution >= 4 is 22.8 Å². The number of phenols is 1. The molecule has 8 rings (SSSR count). The highest BCUT2D eigenvalue weighted by atomic mass is 19.1. The number of carbonyl (C=O) groups excluding carboxylic acids is 1. The van der Waals surface area contributed by atoms with Gasteiger partial charge in [0.2, 0.25) is 5.91 Å². The van der Waals surface area contributed by atoms with Crippen LogP contribution < -0.4 is 21.9 Å². The average Bonchev–Trinajstić information content (AvgIpc) is 3.57. The number of allylic oxidation sites excluding steroid dienone is 3. The number of piperazine rings is 1. The fourth-order valence-electron chi connectivity index (χ4n) is 7.98. The van der Waals surface area contributed by atoms with Crippen molar-refractivity contribution in [1.29, 1.82) is 0 Å². The first kappa shape index (κ1) is 33.7. The number of nitrogens with one attached hydrogen (secondary N) is 2. The number of hydrogen-bond acceptors (Lipinski definition) is 9. The van der Waals surface area contributed by atoms with Crippen LogP contribution in [0.1, 0.15) is 44.2 Å². The van der Waals surface area contributed by atoms with Gasteiger partial charge in [-0.3, -0.25) is 24.0 Å². The number of carbonyl (C=O) groups is 1. The molecule has 268 valence electrons. The van der Waals surface area contributed by atoms with Crippen LogP contribution in [0.15, 0.2) is 93.2 Å². The van der Waals surface area contributed by atoms with Gasteiger partial charge >= 0.3 is 5.69 Å². The van der Waals surface area contributed by atoms with E-state index < -0.39 is 17.1 Å². The number of hydrogen-bond donors (Lipinski definition) is 3. The lowest BCUT2D eigenvalue weighted by atomic mass is 9.90. The fourth-order valence-corrected chi connectivity index (χ4v) is 7.98. The lowest BCUT2D eigenvalue weighted by Crippen LogP contribution is -2.47. The maximum Gasteiger partial charge on any atom is 0.337 e. The number of aliphatic imine (C=N–C) groups is 1. The molecule has 0 radical (unpaired) electrons. The highest BCUT2D eigenvalue weighted by Gasteiger charge is 2.30. The summed E-state index contributed by atoms with van der Waals surface area (Å²) in [6, 6.07) is 13.6. The fraction of sp³-hybridized carbons (Fsp3) is 0.359. The van der Waals surface area contributed by atoms with E-state index in [2.05, 4.69) is 33.5 Å².